The summed E-state index contributed by atoms with van der Waals surface area (Å²) in [4.78, 5) is 11.0. The van der Waals surface area contributed by atoms with Gasteiger partial charge in [-0.15, -0.1) is 0 Å². The van der Waals surface area contributed by atoms with Crippen molar-refractivity contribution in [1.82, 2.24) is 0 Å². The van der Waals surface area contributed by atoms with Crippen molar-refractivity contribution in [3.63, 3.8) is 0 Å². The van der Waals surface area contributed by atoms with E-state index < -0.39 is 5.97 Å². The van der Waals surface area contributed by atoms with Crippen molar-refractivity contribution < 1.29 is 9.90 Å². The van der Waals surface area contributed by atoms with Crippen LogP contribution >= 0.6 is 15.9 Å². The van der Waals surface area contributed by atoms with Gasteiger partial charge in [0.2, 0.25) is 0 Å². The van der Waals surface area contributed by atoms with Crippen molar-refractivity contribution >= 4 is 27.6 Å². The lowest BCUT2D eigenvalue weighted by molar-refractivity contribution is 0.0698. The Morgan fingerprint density at radius 3 is 2.80 bits per heavy atom. The smallest absolute Gasteiger partial charge is 0.337 e. The molecule has 1 aromatic carbocycles. The van der Waals surface area contributed by atoms with Crippen molar-refractivity contribution in [3.8, 4) is 0 Å². The van der Waals surface area contributed by atoms with Gasteiger partial charge in [-0.25, -0.2) is 4.79 Å². The number of carboxylic acids is 1. The van der Waals surface area contributed by atoms with Crippen LogP contribution < -0.4 is 5.32 Å². The first kappa shape index (κ1) is 10.5. The van der Waals surface area contributed by atoms with Crippen LogP contribution in [0.5, 0.6) is 0 Å². The van der Waals surface area contributed by atoms with Gasteiger partial charge in [0.05, 0.1) is 5.56 Å². The SMILES string of the molecule is CC1CC1Nc1ccc(Br)cc1C(=O)O. The molecule has 1 fully saturated rings. The molecule has 2 N–H and O–H groups in total. The number of rotatable bonds is 3. The van der Waals surface area contributed by atoms with Gasteiger partial charge in [0, 0.05) is 16.2 Å². The summed E-state index contributed by atoms with van der Waals surface area (Å²) in [5, 5.41) is 12.3. The van der Waals surface area contributed by atoms with E-state index in [1.165, 1.54) is 0 Å². The van der Waals surface area contributed by atoms with Crippen molar-refractivity contribution in [2.24, 2.45) is 5.92 Å². The first-order valence-electron chi connectivity index (χ1n) is 4.87. The highest BCUT2D eigenvalue weighted by atomic mass is 79.9. The highest BCUT2D eigenvalue weighted by Gasteiger charge is 2.33. The molecule has 0 heterocycles. The Hall–Kier alpha value is -1.03. The standard InChI is InChI=1S/C11H12BrNO2/c1-6-4-10(6)13-9-3-2-7(12)5-8(9)11(14)15/h2-3,5-6,10,13H,4H2,1H3,(H,14,15). The van der Waals surface area contributed by atoms with Crippen LogP contribution in [0.15, 0.2) is 22.7 Å². The number of aromatic carboxylic acids is 1. The number of nitrogens with one attached hydrogen (secondary N) is 1. The third-order valence-corrected chi connectivity index (χ3v) is 3.16. The van der Waals surface area contributed by atoms with E-state index in [1.807, 2.05) is 6.07 Å². The maximum atomic E-state index is 11.0. The number of anilines is 1. The summed E-state index contributed by atoms with van der Waals surface area (Å²) in [6.45, 7) is 2.15. The molecule has 0 spiro atoms. The van der Waals surface area contributed by atoms with Gasteiger partial charge < -0.3 is 10.4 Å². The summed E-state index contributed by atoms with van der Waals surface area (Å²) in [5.41, 5.74) is 1.03. The molecule has 0 aromatic heterocycles. The van der Waals surface area contributed by atoms with Crippen LogP contribution in [0.3, 0.4) is 0 Å². The normalized spacial score (nSPS) is 23.6. The quantitative estimate of drug-likeness (QED) is 0.887. The number of hydrogen-bond acceptors (Lipinski definition) is 2. The van der Waals surface area contributed by atoms with Crippen LogP contribution in [-0.2, 0) is 0 Å². The highest BCUT2D eigenvalue weighted by Crippen LogP contribution is 2.34. The van der Waals surface area contributed by atoms with E-state index in [4.69, 9.17) is 5.11 Å². The van der Waals surface area contributed by atoms with Crippen molar-refractivity contribution in [1.29, 1.82) is 0 Å². The summed E-state index contributed by atoms with van der Waals surface area (Å²) in [6, 6.07) is 5.71. The molecule has 2 unspecified atom stereocenters. The van der Waals surface area contributed by atoms with Crippen LogP contribution in [0.1, 0.15) is 23.7 Å². The minimum absolute atomic E-state index is 0.323. The van der Waals surface area contributed by atoms with Gasteiger partial charge >= 0.3 is 5.97 Å². The molecule has 2 atom stereocenters. The number of carboxylic acid groups (broad SMARTS) is 1. The Morgan fingerprint density at radius 2 is 2.27 bits per heavy atom. The van der Waals surface area contributed by atoms with Gasteiger partial charge in [0.15, 0.2) is 0 Å². The zero-order chi connectivity index (χ0) is 11.0. The summed E-state index contributed by atoms with van der Waals surface area (Å²) in [6.07, 6.45) is 1.12. The Bertz CT molecular complexity index is 406. The Labute approximate surface area is 96.6 Å². The number of halogens is 1. The molecule has 80 valence electrons. The second-order valence-electron chi connectivity index (χ2n) is 3.96. The third-order valence-electron chi connectivity index (χ3n) is 2.66. The molecule has 3 nitrogen and oxygen atoms in total. The number of hydrogen-bond donors (Lipinski definition) is 2. The molecule has 1 aromatic rings. The molecule has 0 radical (unpaired) electrons. The Kier molecular flexibility index (Phi) is 2.69. The fraction of sp³-hybridized carbons (Fsp3) is 0.364. The molecule has 4 heteroatoms. The number of benzene rings is 1. The van der Waals surface area contributed by atoms with E-state index in [0.29, 0.717) is 23.2 Å². The monoisotopic (exact) mass is 269 g/mol. The van der Waals surface area contributed by atoms with Gasteiger partial charge in [-0.1, -0.05) is 22.9 Å². The van der Waals surface area contributed by atoms with Crippen molar-refractivity contribution in [3.05, 3.63) is 28.2 Å². The zero-order valence-corrected chi connectivity index (χ0v) is 9.91. The van der Waals surface area contributed by atoms with Crippen LogP contribution in [0, 0.1) is 5.92 Å². The summed E-state index contributed by atoms with van der Waals surface area (Å²) < 4.78 is 0.786. The van der Waals surface area contributed by atoms with E-state index >= 15 is 0 Å². The molecule has 2 rings (SSSR count). The second kappa shape index (κ2) is 3.85. The van der Waals surface area contributed by atoms with Gasteiger partial charge in [-0.2, -0.15) is 0 Å². The minimum atomic E-state index is -0.896. The molecule has 0 amide bonds. The average molecular weight is 270 g/mol. The summed E-state index contributed by atoms with van der Waals surface area (Å²) in [7, 11) is 0. The van der Waals surface area contributed by atoms with Crippen LogP contribution in [0.25, 0.3) is 0 Å². The fourth-order valence-electron chi connectivity index (χ4n) is 1.54. The first-order valence-corrected chi connectivity index (χ1v) is 5.66. The van der Waals surface area contributed by atoms with Crippen molar-refractivity contribution in [2.75, 3.05) is 5.32 Å². The van der Waals surface area contributed by atoms with E-state index in [-0.39, 0.29) is 0 Å². The molecule has 1 saturated carbocycles. The van der Waals surface area contributed by atoms with Crippen molar-refractivity contribution in [2.45, 2.75) is 19.4 Å². The molecule has 1 aliphatic rings. The lowest BCUT2D eigenvalue weighted by Crippen LogP contribution is -2.09. The molecular formula is C11H12BrNO2. The predicted molar refractivity (Wildman–Crippen MR) is 62.3 cm³/mol. The average Bonchev–Trinajstić information content (AvgIpc) is 2.85. The van der Waals surface area contributed by atoms with E-state index in [1.54, 1.807) is 12.1 Å². The minimum Gasteiger partial charge on any atom is -0.478 e. The first-order chi connectivity index (χ1) is 7.08. The maximum absolute atomic E-state index is 11.0. The highest BCUT2D eigenvalue weighted by molar-refractivity contribution is 9.10. The number of carbonyl (C=O) groups is 1. The topological polar surface area (TPSA) is 49.3 Å². The molecule has 15 heavy (non-hydrogen) atoms. The second-order valence-corrected chi connectivity index (χ2v) is 4.87. The molecule has 0 aliphatic heterocycles. The van der Waals surface area contributed by atoms with Gasteiger partial charge in [0.25, 0.3) is 0 Å². The third kappa shape index (κ3) is 2.31. The Morgan fingerprint density at radius 1 is 1.60 bits per heavy atom. The summed E-state index contributed by atoms with van der Waals surface area (Å²) >= 11 is 3.27. The molecule has 0 saturated heterocycles. The van der Waals surface area contributed by atoms with Crippen LogP contribution in [0.4, 0.5) is 5.69 Å². The predicted octanol–water partition coefficient (Wildman–Crippen LogP) is 2.97. The van der Waals surface area contributed by atoms with E-state index in [2.05, 4.69) is 28.2 Å². The molecule has 1 aliphatic carbocycles. The van der Waals surface area contributed by atoms with E-state index in [9.17, 15) is 4.79 Å². The van der Waals surface area contributed by atoms with E-state index in [0.717, 1.165) is 10.9 Å². The zero-order valence-electron chi connectivity index (χ0n) is 8.33. The van der Waals surface area contributed by atoms with Gasteiger partial charge in [-0.05, 0) is 30.5 Å². The van der Waals surface area contributed by atoms with Gasteiger partial charge in [0.1, 0.15) is 0 Å². The largest absolute Gasteiger partial charge is 0.478 e. The van der Waals surface area contributed by atoms with Gasteiger partial charge in [-0.3, -0.25) is 0 Å². The lowest BCUT2D eigenvalue weighted by atomic mass is 10.2. The van der Waals surface area contributed by atoms with Crippen LogP contribution in [0.2, 0.25) is 0 Å². The lowest BCUT2D eigenvalue weighted by Gasteiger charge is -2.09. The Balaban J connectivity index is 2.25. The molecule has 0 bridgehead atoms. The fourth-order valence-corrected chi connectivity index (χ4v) is 1.90. The summed E-state index contributed by atoms with van der Waals surface area (Å²) in [5.74, 6) is -0.248. The molecular weight excluding hydrogens is 258 g/mol. The maximum Gasteiger partial charge on any atom is 0.337 e. The van der Waals surface area contributed by atoms with Crippen LogP contribution in [-0.4, -0.2) is 17.1 Å².